The number of fused-ring (bicyclic) bond motifs is 1. The molecule has 1 aromatic heterocycles. The SMILES string of the molecule is COCn1cc([C@H](C)CC(=O)N2C(=O)OC[C@@H]2c2ccccc2)c2ccccc21. The molecular weight excluding hydrogens is 368 g/mol. The minimum absolute atomic E-state index is 0.0599. The quantitative estimate of drug-likeness (QED) is 0.621. The maximum atomic E-state index is 13.1. The van der Waals surface area contributed by atoms with Crippen molar-refractivity contribution in [1.29, 1.82) is 0 Å². The summed E-state index contributed by atoms with van der Waals surface area (Å²) in [7, 11) is 1.66. The van der Waals surface area contributed by atoms with Crippen molar-refractivity contribution in [3.8, 4) is 0 Å². The Balaban J connectivity index is 1.58. The molecule has 0 aliphatic carbocycles. The number of benzene rings is 2. The van der Waals surface area contributed by atoms with Crippen LogP contribution in [-0.2, 0) is 21.0 Å². The molecule has 2 amide bonds. The van der Waals surface area contributed by atoms with E-state index < -0.39 is 6.09 Å². The van der Waals surface area contributed by atoms with E-state index in [2.05, 4.69) is 6.07 Å². The number of hydrogen-bond acceptors (Lipinski definition) is 4. The van der Waals surface area contributed by atoms with Crippen LogP contribution in [0.1, 0.15) is 36.4 Å². The van der Waals surface area contributed by atoms with Gasteiger partial charge in [-0.2, -0.15) is 0 Å². The highest BCUT2D eigenvalue weighted by atomic mass is 16.6. The van der Waals surface area contributed by atoms with Crippen LogP contribution in [-0.4, -0.2) is 35.2 Å². The zero-order valence-corrected chi connectivity index (χ0v) is 16.6. The van der Waals surface area contributed by atoms with E-state index in [0.717, 1.165) is 22.0 Å². The van der Waals surface area contributed by atoms with Crippen molar-refractivity contribution >= 4 is 22.9 Å². The Kier molecular flexibility index (Phi) is 5.36. The van der Waals surface area contributed by atoms with Crippen LogP contribution in [0.5, 0.6) is 0 Å². The van der Waals surface area contributed by atoms with Gasteiger partial charge in [0.25, 0.3) is 0 Å². The number of ether oxygens (including phenoxy) is 2. The molecule has 6 heteroatoms. The molecule has 2 aromatic carbocycles. The zero-order valence-electron chi connectivity index (χ0n) is 16.6. The first-order valence-electron chi connectivity index (χ1n) is 9.70. The average Bonchev–Trinajstić information content (AvgIpc) is 3.30. The molecule has 0 saturated carbocycles. The Morgan fingerprint density at radius 1 is 1.17 bits per heavy atom. The van der Waals surface area contributed by atoms with E-state index in [1.807, 2.05) is 66.2 Å². The molecule has 3 aromatic rings. The van der Waals surface area contributed by atoms with E-state index in [-0.39, 0.29) is 30.9 Å². The Hall–Kier alpha value is -3.12. The molecule has 1 saturated heterocycles. The van der Waals surface area contributed by atoms with Crippen molar-refractivity contribution in [2.24, 2.45) is 0 Å². The lowest BCUT2D eigenvalue weighted by Gasteiger charge is -2.21. The summed E-state index contributed by atoms with van der Waals surface area (Å²) < 4.78 is 12.5. The van der Waals surface area contributed by atoms with Gasteiger partial charge >= 0.3 is 6.09 Å². The first-order chi connectivity index (χ1) is 14.1. The lowest BCUT2D eigenvalue weighted by Crippen LogP contribution is -2.34. The van der Waals surface area contributed by atoms with E-state index >= 15 is 0 Å². The molecule has 0 N–H and O–H groups in total. The van der Waals surface area contributed by atoms with Crippen LogP contribution < -0.4 is 0 Å². The van der Waals surface area contributed by atoms with Crippen LogP contribution in [0.25, 0.3) is 10.9 Å². The molecule has 0 radical (unpaired) electrons. The number of amides is 2. The number of para-hydroxylation sites is 1. The summed E-state index contributed by atoms with van der Waals surface area (Å²) in [4.78, 5) is 26.6. The molecule has 4 rings (SSSR count). The number of methoxy groups -OCH3 is 1. The lowest BCUT2D eigenvalue weighted by molar-refractivity contribution is -0.129. The van der Waals surface area contributed by atoms with Gasteiger partial charge in [-0.15, -0.1) is 0 Å². The Bertz CT molecular complexity index is 1030. The third-order valence-corrected chi connectivity index (χ3v) is 5.43. The lowest BCUT2D eigenvalue weighted by atomic mass is 9.96. The second kappa shape index (κ2) is 8.09. The number of imide groups is 1. The first kappa shape index (κ1) is 19.2. The molecule has 150 valence electrons. The van der Waals surface area contributed by atoms with E-state index in [1.54, 1.807) is 7.11 Å². The molecular formula is C23H24N2O4. The standard InChI is InChI=1S/C23H24N2O4/c1-16(19-13-24(15-28-2)20-11-7-6-10-18(19)20)12-22(26)25-21(14-29-23(25)27)17-8-4-3-5-9-17/h3-11,13,16,21H,12,14-15H2,1-2H3/t16-,21-/m1/s1. The van der Waals surface area contributed by atoms with Gasteiger partial charge in [0.15, 0.2) is 0 Å². The van der Waals surface area contributed by atoms with Gasteiger partial charge < -0.3 is 14.0 Å². The molecule has 1 aliphatic rings. The second-order valence-corrected chi connectivity index (χ2v) is 7.36. The maximum Gasteiger partial charge on any atom is 0.417 e. The summed E-state index contributed by atoms with van der Waals surface area (Å²) in [5.41, 5.74) is 3.03. The molecule has 0 bridgehead atoms. The predicted molar refractivity (Wildman–Crippen MR) is 109 cm³/mol. The van der Waals surface area contributed by atoms with Crippen LogP contribution >= 0.6 is 0 Å². The van der Waals surface area contributed by atoms with Gasteiger partial charge in [0, 0.05) is 25.1 Å². The third-order valence-electron chi connectivity index (χ3n) is 5.43. The minimum Gasteiger partial charge on any atom is -0.446 e. The summed E-state index contributed by atoms with van der Waals surface area (Å²) in [6.45, 7) is 2.64. The second-order valence-electron chi connectivity index (χ2n) is 7.36. The monoisotopic (exact) mass is 392 g/mol. The minimum atomic E-state index is -0.571. The highest BCUT2D eigenvalue weighted by Gasteiger charge is 2.39. The summed E-state index contributed by atoms with van der Waals surface area (Å²) in [5.74, 6) is -0.284. The topological polar surface area (TPSA) is 60.8 Å². The van der Waals surface area contributed by atoms with Gasteiger partial charge in [-0.25, -0.2) is 9.69 Å². The maximum absolute atomic E-state index is 13.1. The number of carbonyl (C=O) groups is 2. The van der Waals surface area contributed by atoms with E-state index in [1.165, 1.54) is 4.90 Å². The van der Waals surface area contributed by atoms with E-state index in [9.17, 15) is 9.59 Å². The van der Waals surface area contributed by atoms with Crippen LogP contribution in [0.4, 0.5) is 4.79 Å². The Morgan fingerprint density at radius 3 is 2.66 bits per heavy atom. The van der Waals surface area contributed by atoms with E-state index in [4.69, 9.17) is 9.47 Å². The molecule has 0 spiro atoms. The molecule has 2 heterocycles. The fourth-order valence-corrected chi connectivity index (χ4v) is 4.00. The van der Waals surface area contributed by atoms with Crippen molar-refractivity contribution < 1.29 is 19.1 Å². The molecule has 6 nitrogen and oxygen atoms in total. The van der Waals surface area contributed by atoms with Crippen molar-refractivity contribution in [2.75, 3.05) is 13.7 Å². The fourth-order valence-electron chi connectivity index (χ4n) is 4.00. The van der Waals surface area contributed by atoms with Gasteiger partial charge in [0.1, 0.15) is 19.4 Å². The molecule has 2 atom stereocenters. The number of nitrogens with zero attached hydrogens (tertiary/aromatic N) is 2. The van der Waals surface area contributed by atoms with Crippen LogP contribution in [0.15, 0.2) is 60.8 Å². The highest BCUT2D eigenvalue weighted by molar-refractivity contribution is 5.94. The number of rotatable bonds is 6. The molecule has 29 heavy (non-hydrogen) atoms. The van der Waals surface area contributed by atoms with Crippen LogP contribution in [0.2, 0.25) is 0 Å². The summed E-state index contributed by atoms with van der Waals surface area (Å²) in [6.07, 6.45) is 1.68. The number of cyclic esters (lactones) is 1. The van der Waals surface area contributed by atoms with Crippen LogP contribution in [0, 0.1) is 0 Å². The zero-order chi connectivity index (χ0) is 20.4. The average molecular weight is 392 g/mol. The largest absolute Gasteiger partial charge is 0.446 e. The van der Waals surface area contributed by atoms with Crippen molar-refractivity contribution in [3.63, 3.8) is 0 Å². The predicted octanol–water partition coefficient (Wildman–Crippen LogP) is 4.46. The van der Waals surface area contributed by atoms with Crippen molar-refractivity contribution in [2.45, 2.75) is 32.0 Å². The molecule has 1 aliphatic heterocycles. The summed E-state index contributed by atoms with van der Waals surface area (Å²) in [6, 6.07) is 17.2. The molecule has 0 unspecified atom stereocenters. The van der Waals surface area contributed by atoms with Gasteiger partial charge in [-0.1, -0.05) is 55.5 Å². The highest BCUT2D eigenvalue weighted by Crippen LogP contribution is 2.33. The summed E-state index contributed by atoms with van der Waals surface area (Å²) in [5, 5.41) is 1.09. The van der Waals surface area contributed by atoms with Gasteiger partial charge in [-0.3, -0.25) is 4.79 Å². The van der Waals surface area contributed by atoms with Gasteiger partial charge in [-0.05, 0) is 23.1 Å². The normalized spacial score (nSPS) is 17.5. The Morgan fingerprint density at radius 2 is 1.90 bits per heavy atom. The smallest absolute Gasteiger partial charge is 0.417 e. The van der Waals surface area contributed by atoms with Gasteiger partial charge in [0.2, 0.25) is 5.91 Å². The van der Waals surface area contributed by atoms with E-state index in [0.29, 0.717) is 6.73 Å². The Labute approximate surface area is 169 Å². The number of carbonyl (C=O) groups excluding carboxylic acids is 2. The fraction of sp³-hybridized carbons (Fsp3) is 0.304. The number of aromatic nitrogens is 1. The first-order valence-corrected chi connectivity index (χ1v) is 9.70. The third kappa shape index (κ3) is 3.63. The molecule has 1 fully saturated rings. The van der Waals surface area contributed by atoms with Crippen LogP contribution in [0.3, 0.4) is 0 Å². The van der Waals surface area contributed by atoms with Gasteiger partial charge in [0.05, 0.1) is 5.52 Å². The summed E-state index contributed by atoms with van der Waals surface area (Å²) >= 11 is 0. The number of hydrogen-bond donors (Lipinski definition) is 0. The van der Waals surface area contributed by atoms with Crippen molar-refractivity contribution in [3.05, 3.63) is 71.9 Å². The van der Waals surface area contributed by atoms with Crippen molar-refractivity contribution in [1.82, 2.24) is 9.47 Å².